The van der Waals surface area contributed by atoms with E-state index in [2.05, 4.69) is 32.7 Å². The first-order chi connectivity index (χ1) is 19.6. The number of thiazole rings is 1. The molecular formula is C30H35N7O3S. The van der Waals surface area contributed by atoms with Crippen LogP contribution in [-0.2, 0) is 6.42 Å². The summed E-state index contributed by atoms with van der Waals surface area (Å²) in [4.78, 5) is 22.2. The summed E-state index contributed by atoms with van der Waals surface area (Å²) in [6, 6.07) is 9.64. The van der Waals surface area contributed by atoms with Crippen molar-refractivity contribution in [2.24, 2.45) is 5.92 Å². The van der Waals surface area contributed by atoms with E-state index >= 15 is 0 Å². The van der Waals surface area contributed by atoms with Gasteiger partial charge in [-0.2, -0.15) is 4.98 Å². The molecule has 1 fully saturated rings. The highest BCUT2D eigenvalue weighted by molar-refractivity contribution is 7.21. The van der Waals surface area contributed by atoms with Crippen molar-refractivity contribution in [3.05, 3.63) is 59.7 Å². The van der Waals surface area contributed by atoms with Gasteiger partial charge in [0.1, 0.15) is 22.4 Å². The lowest BCUT2D eigenvalue weighted by atomic mass is 9.88. The predicted molar refractivity (Wildman–Crippen MR) is 162 cm³/mol. The molecule has 0 unspecified atom stereocenters. The number of nitrogens with zero attached hydrogens (tertiary/aromatic N) is 4. The van der Waals surface area contributed by atoms with Crippen molar-refractivity contribution >= 4 is 44.2 Å². The van der Waals surface area contributed by atoms with Crippen LogP contribution < -0.4 is 10.6 Å². The second-order valence-electron chi connectivity index (χ2n) is 11.4. The fraction of sp³-hybridized carbons (Fsp3) is 0.400. The molecule has 214 valence electrons. The number of benzene rings is 1. The third-order valence-electron chi connectivity index (χ3n) is 8.06. The van der Waals surface area contributed by atoms with Gasteiger partial charge in [-0.25, -0.2) is 9.97 Å². The molecule has 1 saturated carbocycles. The Morgan fingerprint density at radius 3 is 2.61 bits per heavy atom. The summed E-state index contributed by atoms with van der Waals surface area (Å²) in [5.41, 5.74) is 4.31. The summed E-state index contributed by atoms with van der Waals surface area (Å²) in [5.74, 6) is 0.482. The van der Waals surface area contributed by atoms with Gasteiger partial charge in [0.15, 0.2) is 0 Å². The number of fused-ring (bicyclic) bond motifs is 2. The first-order valence-corrected chi connectivity index (χ1v) is 14.7. The average molecular weight is 574 g/mol. The van der Waals surface area contributed by atoms with Crippen LogP contribution >= 0.6 is 11.3 Å². The number of rotatable bonds is 8. The maximum absolute atomic E-state index is 10.9. The van der Waals surface area contributed by atoms with Gasteiger partial charge in [-0.15, -0.1) is 11.3 Å². The van der Waals surface area contributed by atoms with Crippen LogP contribution in [0.4, 0.5) is 11.8 Å². The second kappa shape index (κ2) is 10.6. The van der Waals surface area contributed by atoms with Gasteiger partial charge < -0.3 is 30.9 Å². The number of hydrogen-bond acceptors (Lipinski definition) is 10. The maximum atomic E-state index is 10.9. The van der Waals surface area contributed by atoms with Crippen LogP contribution in [0.5, 0.6) is 0 Å². The Hall–Kier alpha value is -3.64. The Labute approximate surface area is 241 Å². The lowest BCUT2D eigenvalue weighted by Crippen LogP contribution is -2.40. The number of aliphatic hydroxyl groups excluding tert-OH is 2. The van der Waals surface area contributed by atoms with Gasteiger partial charge in [-0.1, -0.05) is 18.2 Å². The molecule has 11 heteroatoms. The zero-order chi connectivity index (χ0) is 28.9. The predicted octanol–water partition coefficient (Wildman–Crippen LogP) is 4.19. The van der Waals surface area contributed by atoms with Gasteiger partial charge in [0.2, 0.25) is 5.95 Å². The summed E-state index contributed by atoms with van der Waals surface area (Å²) in [6.07, 6.45) is 2.82. The molecule has 41 heavy (non-hydrogen) atoms. The van der Waals surface area contributed by atoms with Crippen LogP contribution in [-0.4, -0.2) is 70.6 Å². The van der Waals surface area contributed by atoms with Crippen LogP contribution in [0.25, 0.3) is 31.7 Å². The van der Waals surface area contributed by atoms with E-state index in [1.54, 1.807) is 20.0 Å². The van der Waals surface area contributed by atoms with Gasteiger partial charge in [0.25, 0.3) is 0 Å². The quantitative estimate of drug-likeness (QED) is 0.160. The van der Waals surface area contributed by atoms with Gasteiger partial charge in [0.05, 0.1) is 39.4 Å². The van der Waals surface area contributed by atoms with E-state index < -0.39 is 29.8 Å². The van der Waals surface area contributed by atoms with E-state index in [0.29, 0.717) is 24.7 Å². The number of aryl methyl sites for hydroxylation is 2. The highest BCUT2D eigenvalue weighted by Gasteiger charge is 2.48. The van der Waals surface area contributed by atoms with E-state index in [1.807, 2.05) is 38.2 Å². The lowest BCUT2D eigenvalue weighted by molar-refractivity contribution is -0.0601. The number of pyridine rings is 1. The van der Waals surface area contributed by atoms with Crippen molar-refractivity contribution in [2.45, 2.75) is 64.4 Å². The minimum Gasteiger partial charge on any atom is -0.390 e. The first-order valence-electron chi connectivity index (χ1n) is 13.8. The number of aromatic amines is 1. The van der Waals surface area contributed by atoms with Crippen LogP contribution in [0.2, 0.25) is 0 Å². The Balaban J connectivity index is 1.32. The zero-order valence-electron chi connectivity index (χ0n) is 23.5. The summed E-state index contributed by atoms with van der Waals surface area (Å²) in [6.45, 7) is 7.79. The average Bonchev–Trinajstić information content (AvgIpc) is 3.61. The van der Waals surface area contributed by atoms with Crippen molar-refractivity contribution in [2.75, 3.05) is 17.2 Å². The number of hydrogen-bond donors (Lipinski definition) is 6. The second-order valence-corrected chi connectivity index (χ2v) is 12.4. The molecule has 0 bridgehead atoms. The molecule has 6 N–H and O–H groups in total. The Morgan fingerprint density at radius 2 is 1.85 bits per heavy atom. The minimum atomic E-state index is -1.14. The van der Waals surface area contributed by atoms with Gasteiger partial charge in [0, 0.05) is 35.8 Å². The maximum Gasteiger partial charge on any atom is 0.224 e. The molecule has 1 aromatic carbocycles. The van der Waals surface area contributed by atoms with E-state index in [0.717, 1.165) is 44.1 Å². The molecular weight excluding hydrogens is 538 g/mol. The largest absolute Gasteiger partial charge is 0.390 e. The van der Waals surface area contributed by atoms with E-state index in [-0.39, 0.29) is 0 Å². The summed E-state index contributed by atoms with van der Waals surface area (Å²) in [5, 5.41) is 41.0. The topological polar surface area (TPSA) is 152 Å². The summed E-state index contributed by atoms with van der Waals surface area (Å²) < 4.78 is 1.01. The molecule has 0 aliphatic heterocycles. The zero-order valence-corrected chi connectivity index (χ0v) is 24.3. The molecule has 0 radical (unpaired) electrons. The third-order valence-corrected chi connectivity index (χ3v) is 9.10. The molecule has 6 rings (SSSR count). The standard InChI is InChI=1S/C30H35N7O3S/c1-15-23(28-36-24-16(2)31-12-10-22(24)41-28)27(35-21-13-19(30(3,4)40)25(38)26(21)39)37-29(34-15)32-11-9-17-14-33-20-8-6-5-7-18(17)20/h5-8,10,12,14,19,21,25-26,33,38-40H,9,11,13H2,1-4H3,(H2,32,34,35,37)/t19-,21+,25+,26-/m0/s1. The van der Waals surface area contributed by atoms with Gasteiger partial charge in [-0.05, 0) is 58.2 Å². The molecule has 5 aromatic rings. The molecule has 0 spiro atoms. The molecule has 10 nitrogen and oxygen atoms in total. The molecule has 1 aliphatic carbocycles. The molecule has 1 aliphatic rings. The highest BCUT2D eigenvalue weighted by Crippen LogP contribution is 2.40. The number of para-hydroxylation sites is 1. The molecule has 0 saturated heterocycles. The van der Waals surface area contributed by atoms with Crippen molar-refractivity contribution in [3.63, 3.8) is 0 Å². The van der Waals surface area contributed by atoms with E-state index in [4.69, 9.17) is 15.0 Å². The number of aromatic nitrogens is 5. The minimum absolute atomic E-state index is 0.376. The molecule has 4 atom stereocenters. The number of anilines is 2. The van der Waals surface area contributed by atoms with Crippen molar-refractivity contribution in [1.82, 2.24) is 24.9 Å². The number of H-pyrrole nitrogens is 1. The van der Waals surface area contributed by atoms with Crippen LogP contribution in [0.3, 0.4) is 0 Å². The van der Waals surface area contributed by atoms with E-state index in [9.17, 15) is 15.3 Å². The van der Waals surface area contributed by atoms with Crippen molar-refractivity contribution in [1.29, 1.82) is 0 Å². The fourth-order valence-electron chi connectivity index (χ4n) is 5.80. The first kappa shape index (κ1) is 27.5. The molecule has 0 amide bonds. The Kier molecular flexibility index (Phi) is 7.14. The Bertz CT molecular complexity index is 1710. The molecule has 4 heterocycles. The Morgan fingerprint density at radius 1 is 1.05 bits per heavy atom. The van der Waals surface area contributed by atoms with Crippen LogP contribution in [0.1, 0.15) is 37.2 Å². The van der Waals surface area contributed by atoms with Gasteiger partial charge >= 0.3 is 0 Å². The van der Waals surface area contributed by atoms with Crippen LogP contribution in [0, 0.1) is 19.8 Å². The lowest BCUT2D eigenvalue weighted by Gasteiger charge is -2.28. The number of nitrogens with one attached hydrogen (secondary N) is 3. The van der Waals surface area contributed by atoms with Crippen molar-refractivity contribution < 1.29 is 15.3 Å². The SMILES string of the molecule is Cc1nc(NCCc2c[nH]c3ccccc23)nc(N[C@@H]2C[C@H](C(C)(C)O)[C@@H](O)[C@H]2O)c1-c1nc2c(C)nccc2s1. The normalized spacial score (nSPS) is 21.1. The fourth-order valence-corrected chi connectivity index (χ4v) is 6.91. The third kappa shape index (κ3) is 5.26. The monoisotopic (exact) mass is 573 g/mol. The van der Waals surface area contributed by atoms with Gasteiger partial charge in [-0.3, -0.25) is 4.98 Å². The van der Waals surface area contributed by atoms with Crippen molar-refractivity contribution in [3.8, 4) is 10.6 Å². The summed E-state index contributed by atoms with van der Waals surface area (Å²) in [7, 11) is 0. The van der Waals surface area contributed by atoms with Crippen LogP contribution in [0.15, 0.2) is 42.7 Å². The van der Waals surface area contributed by atoms with E-state index in [1.165, 1.54) is 22.3 Å². The highest BCUT2D eigenvalue weighted by atomic mass is 32.1. The smallest absolute Gasteiger partial charge is 0.224 e. The summed E-state index contributed by atoms with van der Waals surface area (Å²) >= 11 is 1.53. The number of aliphatic hydroxyl groups is 3. The molecule has 4 aromatic heterocycles.